The van der Waals surface area contributed by atoms with Gasteiger partial charge in [0.25, 0.3) is 0 Å². The van der Waals surface area contributed by atoms with Crippen molar-refractivity contribution in [2.75, 3.05) is 84.1 Å². The molecule has 3 N–H and O–H groups in total. The lowest BCUT2D eigenvalue weighted by Gasteiger charge is -2.54. The van der Waals surface area contributed by atoms with Gasteiger partial charge in [-0.15, -0.1) is 6.42 Å². The molecule has 5 rings (SSSR count). The monoisotopic (exact) mass is 639 g/mol. The van der Waals surface area contributed by atoms with E-state index in [0.717, 1.165) is 38.8 Å². The Labute approximate surface area is 261 Å². The number of halogens is 1. The lowest BCUT2D eigenvalue weighted by molar-refractivity contribution is -0.0566. The van der Waals surface area contributed by atoms with E-state index in [9.17, 15) is 15.3 Å². The minimum atomic E-state index is -1.27. The third-order valence-corrected chi connectivity index (χ3v) is 8.56. The van der Waals surface area contributed by atoms with Crippen molar-refractivity contribution in [2.45, 2.75) is 56.3 Å². The number of anilines is 1. The molecule has 1 aliphatic carbocycles. The van der Waals surface area contributed by atoms with E-state index in [1.807, 2.05) is 0 Å². The molecule has 44 heavy (non-hydrogen) atoms. The molecule has 0 unspecified atom stereocenters. The Morgan fingerprint density at radius 1 is 0.955 bits per heavy atom. The summed E-state index contributed by atoms with van der Waals surface area (Å²) in [7, 11) is 0. The number of aromatic nitrogens is 4. The minimum absolute atomic E-state index is 0.0558. The van der Waals surface area contributed by atoms with Crippen molar-refractivity contribution in [1.82, 2.24) is 19.7 Å². The molecular weight excluding hydrogens is 598 g/mol. The van der Waals surface area contributed by atoms with Crippen molar-refractivity contribution in [3.63, 3.8) is 0 Å². The molecule has 15 heteroatoms. The van der Waals surface area contributed by atoms with Crippen LogP contribution in [0.3, 0.4) is 0 Å². The fourth-order valence-corrected chi connectivity index (χ4v) is 6.22. The molecule has 14 nitrogen and oxygen atoms in total. The van der Waals surface area contributed by atoms with Crippen molar-refractivity contribution in [3.05, 3.63) is 11.5 Å². The highest BCUT2D eigenvalue weighted by atomic mass is 35.5. The second kappa shape index (κ2) is 15.9. The summed E-state index contributed by atoms with van der Waals surface area (Å²) in [4.78, 5) is 11.0. The fourth-order valence-electron chi connectivity index (χ4n) is 6.06. The number of terminal acetylenes is 1. The smallest absolute Gasteiger partial charge is 0.226 e. The summed E-state index contributed by atoms with van der Waals surface area (Å²) in [5.41, 5.74) is 0.601. The molecule has 0 radical (unpaired) electrons. The minimum Gasteiger partial charge on any atom is -0.394 e. The van der Waals surface area contributed by atoms with Crippen LogP contribution in [0.4, 0.5) is 5.82 Å². The Hall–Kier alpha value is -2.16. The van der Waals surface area contributed by atoms with Crippen molar-refractivity contribution >= 4 is 28.5 Å². The van der Waals surface area contributed by atoms with Crippen molar-refractivity contribution in [1.29, 1.82) is 0 Å². The molecule has 2 aliphatic heterocycles. The molecule has 0 bridgehead atoms. The van der Waals surface area contributed by atoms with Gasteiger partial charge >= 0.3 is 0 Å². The number of fused-ring (bicyclic) bond motifs is 1. The van der Waals surface area contributed by atoms with Gasteiger partial charge in [0, 0.05) is 18.5 Å². The average Bonchev–Trinajstić information content (AvgIpc) is 3.55. The second-order valence-corrected chi connectivity index (χ2v) is 11.7. The molecule has 2 saturated heterocycles. The van der Waals surface area contributed by atoms with Gasteiger partial charge in [-0.1, -0.05) is 5.92 Å². The third-order valence-electron chi connectivity index (χ3n) is 8.39. The summed E-state index contributed by atoms with van der Waals surface area (Å²) in [6, 6.07) is 0. The summed E-state index contributed by atoms with van der Waals surface area (Å²) < 4.78 is 34.7. The number of nitrogens with zero attached hydrogens (tertiary/aromatic N) is 5. The first kappa shape index (κ1) is 33.2. The standard InChI is InChI=1S/C29H42ClN5O9/c1-2-7-39-8-9-40-10-11-41-12-13-42-14-15-43-20-3-5-29(6-4-20)18-34(19-29)25-21-16-31-35(26(21)33-28(30)32-25)27-24(38)23(37)22(17-36)44-27/h1,16,20,22-24,27,36-38H,3-15,17-19H2/t22-,23-,24-,27-/m1/s1. The number of aliphatic hydroxyl groups is 3. The lowest BCUT2D eigenvalue weighted by Crippen LogP contribution is -2.58. The quantitative estimate of drug-likeness (QED) is 0.125. The zero-order chi connectivity index (χ0) is 30.9. The Bertz CT molecular complexity index is 1230. The van der Waals surface area contributed by atoms with Gasteiger partial charge in [0.2, 0.25) is 5.28 Å². The first-order valence-electron chi connectivity index (χ1n) is 15.1. The predicted octanol–water partition coefficient (Wildman–Crippen LogP) is 0.556. The van der Waals surface area contributed by atoms with Gasteiger partial charge in [0.15, 0.2) is 11.9 Å². The fraction of sp³-hybridized carbons (Fsp3) is 0.759. The molecule has 0 aromatic carbocycles. The number of aliphatic hydroxyl groups excluding tert-OH is 3. The molecule has 1 saturated carbocycles. The first-order chi connectivity index (χ1) is 21.4. The number of rotatable bonds is 17. The molecule has 1 spiro atoms. The summed E-state index contributed by atoms with van der Waals surface area (Å²) in [6.45, 7) is 5.65. The maximum absolute atomic E-state index is 10.5. The molecule has 0 amide bonds. The highest BCUT2D eigenvalue weighted by Gasteiger charge is 2.47. The lowest BCUT2D eigenvalue weighted by atomic mass is 9.68. The predicted molar refractivity (Wildman–Crippen MR) is 158 cm³/mol. The highest BCUT2D eigenvalue weighted by molar-refractivity contribution is 6.28. The molecule has 3 aliphatic rings. The van der Waals surface area contributed by atoms with E-state index >= 15 is 0 Å². The van der Waals surface area contributed by atoms with Crippen LogP contribution < -0.4 is 4.90 Å². The number of ether oxygens (including phenoxy) is 6. The Kier molecular flexibility index (Phi) is 12.0. The van der Waals surface area contributed by atoms with Gasteiger partial charge < -0.3 is 48.6 Å². The van der Waals surface area contributed by atoms with E-state index in [0.29, 0.717) is 76.3 Å². The number of hydrogen-bond acceptors (Lipinski definition) is 13. The summed E-state index contributed by atoms with van der Waals surface area (Å²) in [5, 5.41) is 35.2. The van der Waals surface area contributed by atoms with Crippen LogP contribution >= 0.6 is 11.6 Å². The van der Waals surface area contributed by atoms with Gasteiger partial charge in [-0.05, 0) is 37.3 Å². The van der Waals surface area contributed by atoms with Gasteiger partial charge in [0.05, 0.1) is 77.1 Å². The third kappa shape index (κ3) is 7.97. The van der Waals surface area contributed by atoms with Crippen molar-refractivity contribution in [3.8, 4) is 12.3 Å². The molecule has 3 fully saturated rings. The van der Waals surface area contributed by atoms with Crippen LogP contribution in [0, 0.1) is 17.8 Å². The van der Waals surface area contributed by atoms with E-state index in [4.69, 9.17) is 46.4 Å². The maximum atomic E-state index is 10.5. The maximum Gasteiger partial charge on any atom is 0.226 e. The van der Waals surface area contributed by atoms with Crippen molar-refractivity contribution in [2.24, 2.45) is 5.41 Å². The van der Waals surface area contributed by atoms with E-state index in [1.165, 1.54) is 4.68 Å². The molecule has 2 aromatic heterocycles. The normalized spacial score (nSPS) is 25.1. The molecule has 4 heterocycles. The second-order valence-electron chi connectivity index (χ2n) is 11.4. The largest absolute Gasteiger partial charge is 0.394 e. The highest BCUT2D eigenvalue weighted by Crippen LogP contribution is 2.47. The van der Waals surface area contributed by atoms with Crippen LogP contribution in [0.15, 0.2) is 6.20 Å². The zero-order valence-corrected chi connectivity index (χ0v) is 25.5. The van der Waals surface area contributed by atoms with E-state index < -0.39 is 31.1 Å². The van der Waals surface area contributed by atoms with Crippen LogP contribution in [0.25, 0.3) is 11.0 Å². The van der Waals surface area contributed by atoms with Gasteiger partial charge in [-0.2, -0.15) is 15.1 Å². The summed E-state index contributed by atoms with van der Waals surface area (Å²) in [6.07, 6.45) is 6.63. The molecule has 2 aromatic rings. The number of hydrogen-bond donors (Lipinski definition) is 3. The van der Waals surface area contributed by atoms with Gasteiger partial charge in [-0.3, -0.25) is 0 Å². The van der Waals surface area contributed by atoms with Crippen LogP contribution in [0.5, 0.6) is 0 Å². The molecular formula is C29H42ClN5O9. The van der Waals surface area contributed by atoms with E-state index in [1.54, 1.807) is 6.20 Å². The molecule has 244 valence electrons. The van der Waals surface area contributed by atoms with Crippen LogP contribution in [-0.4, -0.2) is 139 Å². The van der Waals surface area contributed by atoms with Crippen LogP contribution in [0.2, 0.25) is 5.28 Å². The van der Waals surface area contributed by atoms with Crippen LogP contribution in [0.1, 0.15) is 31.9 Å². The van der Waals surface area contributed by atoms with E-state index in [-0.39, 0.29) is 16.8 Å². The zero-order valence-electron chi connectivity index (χ0n) is 24.8. The van der Waals surface area contributed by atoms with Crippen LogP contribution in [-0.2, 0) is 28.4 Å². The Morgan fingerprint density at radius 3 is 2.20 bits per heavy atom. The summed E-state index contributed by atoms with van der Waals surface area (Å²) in [5.74, 6) is 3.09. The molecule has 4 atom stereocenters. The van der Waals surface area contributed by atoms with Gasteiger partial charge in [-0.25, -0.2) is 4.68 Å². The van der Waals surface area contributed by atoms with Crippen molar-refractivity contribution < 1.29 is 43.7 Å². The van der Waals surface area contributed by atoms with E-state index in [2.05, 4.69) is 25.9 Å². The average molecular weight is 640 g/mol. The first-order valence-corrected chi connectivity index (χ1v) is 15.5. The Balaban J connectivity index is 0.985. The Morgan fingerprint density at radius 2 is 1.59 bits per heavy atom. The summed E-state index contributed by atoms with van der Waals surface area (Å²) >= 11 is 6.30. The van der Waals surface area contributed by atoms with Gasteiger partial charge in [0.1, 0.15) is 30.7 Å². The SMILES string of the molecule is C#CCOCCOCCOCCOCCOC1CCC2(CC1)CN(c1nc(Cl)nc3c1cnn3[C@@H]1O[C@H](CO)[C@@H](O)[C@H]1O)C2. The topological polar surface area (TPSA) is 163 Å².